The fourth-order valence-electron chi connectivity index (χ4n) is 0.991. The van der Waals surface area contributed by atoms with E-state index >= 15 is 0 Å². The second kappa shape index (κ2) is 2.10. The van der Waals surface area contributed by atoms with Crippen molar-refractivity contribution in [3.05, 3.63) is 30.0 Å². The summed E-state index contributed by atoms with van der Waals surface area (Å²) in [6, 6.07) is 10.2. The molecule has 0 fully saturated rings. The third-order valence-corrected chi connectivity index (χ3v) is 1.51. The molecule has 11 heavy (non-hydrogen) atoms. The van der Waals surface area contributed by atoms with Crippen molar-refractivity contribution < 1.29 is 0 Å². The summed E-state index contributed by atoms with van der Waals surface area (Å²) in [6.45, 7) is 0. The molecular formula is C8H4N3. The van der Waals surface area contributed by atoms with Crippen LogP contribution >= 0.6 is 0 Å². The molecule has 2 rings (SSSR count). The van der Waals surface area contributed by atoms with Crippen LogP contribution in [0.15, 0.2) is 18.2 Å². The summed E-state index contributed by atoms with van der Waals surface area (Å²) < 4.78 is 0. The molecule has 1 N–H and O–H groups in total. The second-order valence-electron chi connectivity index (χ2n) is 2.16. The Kier molecular flexibility index (Phi) is 1.13. The van der Waals surface area contributed by atoms with Crippen molar-refractivity contribution in [3.8, 4) is 6.07 Å². The first-order chi connectivity index (χ1) is 5.42. The first-order valence-corrected chi connectivity index (χ1v) is 3.16. The molecule has 0 saturated carbocycles. The minimum Gasteiger partial charge on any atom is -0.276 e. The summed E-state index contributed by atoms with van der Waals surface area (Å²) in [5.41, 5.74) is 1.29. The van der Waals surface area contributed by atoms with Crippen LogP contribution < -0.4 is 0 Å². The molecule has 0 atom stereocenters. The van der Waals surface area contributed by atoms with Crippen molar-refractivity contribution in [1.29, 1.82) is 5.26 Å². The summed E-state index contributed by atoms with van der Waals surface area (Å²) in [6.07, 6.45) is 0. The van der Waals surface area contributed by atoms with E-state index in [1.807, 2.05) is 12.1 Å². The Morgan fingerprint density at radius 2 is 2.55 bits per heavy atom. The quantitative estimate of drug-likeness (QED) is 0.601. The third-order valence-electron chi connectivity index (χ3n) is 1.51. The largest absolute Gasteiger partial charge is 0.276 e. The normalized spacial score (nSPS) is 9.73. The van der Waals surface area contributed by atoms with Gasteiger partial charge < -0.3 is 0 Å². The summed E-state index contributed by atoms with van der Waals surface area (Å²) >= 11 is 0. The van der Waals surface area contributed by atoms with E-state index in [0.29, 0.717) is 5.69 Å². The SMILES string of the molecule is N#Cc1n[nH]c2c[c]ccc12. The molecule has 0 unspecified atom stereocenters. The van der Waals surface area contributed by atoms with E-state index in [9.17, 15) is 0 Å². The van der Waals surface area contributed by atoms with E-state index in [0.717, 1.165) is 10.9 Å². The topological polar surface area (TPSA) is 52.5 Å². The molecule has 1 radical (unpaired) electrons. The number of hydrogen-bond acceptors (Lipinski definition) is 2. The predicted octanol–water partition coefficient (Wildman–Crippen LogP) is 1.23. The third kappa shape index (κ3) is 0.767. The average molecular weight is 142 g/mol. The van der Waals surface area contributed by atoms with Gasteiger partial charge in [-0.15, -0.1) is 0 Å². The lowest BCUT2D eigenvalue weighted by molar-refractivity contribution is 1.10. The maximum absolute atomic E-state index is 8.58. The van der Waals surface area contributed by atoms with E-state index in [-0.39, 0.29) is 0 Å². The van der Waals surface area contributed by atoms with Gasteiger partial charge in [-0.2, -0.15) is 10.4 Å². The van der Waals surface area contributed by atoms with Crippen molar-refractivity contribution in [2.45, 2.75) is 0 Å². The van der Waals surface area contributed by atoms with Gasteiger partial charge in [-0.3, -0.25) is 5.10 Å². The number of fused-ring (bicyclic) bond motifs is 1. The molecule has 0 spiro atoms. The predicted molar refractivity (Wildman–Crippen MR) is 39.6 cm³/mol. The van der Waals surface area contributed by atoms with Crippen molar-refractivity contribution in [2.75, 3.05) is 0 Å². The summed E-state index contributed by atoms with van der Waals surface area (Å²) in [5, 5.41) is 16.0. The summed E-state index contributed by atoms with van der Waals surface area (Å²) in [4.78, 5) is 0. The highest BCUT2D eigenvalue weighted by Gasteiger charge is 2.01. The fraction of sp³-hybridized carbons (Fsp3) is 0. The van der Waals surface area contributed by atoms with Crippen molar-refractivity contribution >= 4 is 10.9 Å². The molecule has 3 nitrogen and oxygen atoms in total. The lowest BCUT2D eigenvalue weighted by Crippen LogP contribution is -1.71. The molecule has 1 heterocycles. The van der Waals surface area contributed by atoms with Crippen LogP contribution in [0.5, 0.6) is 0 Å². The van der Waals surface area contributed by atoms with Gasteiger partial charge in [0, 0.05) is 5.39 Å². The molecule has 3 heteroatoms. The number of benzene rings is 1. The van der Waals surface area contributed by atoms with E-state index in [1.165, 1.54) is 0 Å². The molecule has 0 aliphatic carbocycles. The standard InChI is InChI=1S/C8H4N3/c9-5-8-6-3-1-2-4-7(6)10-11-8/h1,3-4H,(H,10,11). The number of nitriles is 1. The smallest absolute Gasteiger partial charge is 0.170 e. The molecule has 51 valence electrons. The highest BCUT2D eigenvalue weighted by atomic mass is 15.1. The minimum atomic E-state index is 0.439. The zero-order chi connectivity index (χ0) is 7.68. The van der Waals surface area contributed by atoms with Crippen LogP contribution in [0.3, 0.4) is 0 Å². The molecule has 0 bridgehead atoms. The van der Waals surface area contributed by atoms with E-state index < -0.39 is 0 Å². The van der Waals surface area contributed by atoms with Crippen LogP contribution in [0.1, 0.15) is 5.69 Å². The van der Waals surface area contributed by atoms with Gasteiger partial charge in [0.25, 0.3) is 0 Å². The van der Waals surface area contributed by atoms with Crippen molar-refractivity contribution in [1.82, 2.24) is 10.2 Å². The highest BCUT2D eigenvalue weighted by Crippen LogP contribution is 2.12. The molecule has 0 aliphatic heterocycles. The maximum Gasteiger partial charge on any atom is 0.170 e. The van der Waals surface area contributed by atoms with Gasteiger partial charge in [-0.1, -0.05) is 6.07 Å². The second-order valence-corrected chi connectivity index (χ2v) is 2.16. The Balaban J connectivity index is 2.89. The number of aromatic nitrogens is 2. The molecule has 0 amide bonds. The van der Waals surface area contributed by atoms with E-state index in [4.69, 9.17) is 5.26 Å². The minimum absolute atomic E-state index is 0.439. The molecule has 1 aromatic carbocycles. The number of nitrogens with zero attached hydrogens (tertiary/aromatic N) is 2. The zero-order valence-corrected chi connectivity index (χ0v) is 5.63. The van der Waals surface area contributed by atoms with Crippen molar-refractivity contribution in [3.63, 3.8) is 0 Å². The van der Waals surface area contributed by atoms with Crippen LogP contribution in [0.2, 0.25) is 0 Å². The first-order valence-electron chi connectivity index (χ1n) is 3.16. The van der Waals surface area contributed by atoms with Crippen LogP contribution in [0.25, 0.3) is 10.9 Å². The molecular weight excluding hydrogens is 138 g/mol. The van der Waals surface area contributed by atoms with Crippen LogP contribution in [0.4, 0.5) is 0 Å². The molecule has 2 aromatic rings. The number of aromatic amines is 1. The van der Waals surface area contributed by atoms with Gasteiger partial charge in [0.15, 0.2) is 5.69 Å². The maximum atomic E-state index is 8.58. The summed E-state index contributed by atoms with van der Waals surface area (Å²) in [5.74, 6) is 0. The van der Waals surface area contributed by atoms with Crippen LogP contribution in [-0.4, -0.2) is 10.2 Å². The number of nitrogens with one attached hydrogen (secondary N) is 1. The number of hydrogen-bond donors (Lipinski definition) is 1. The van der Waals surface area contributed by atoms with Gasteiger partial charge in [-0.25, -0.2) is 0 Å². The van der Waals surface area contributed by atoms with Gasteiger partial charge in [0.05, 0.1) is 5.52 Å². The lowest BCUT2D eigenvalue weighted by Gasteiger charge is -1.82. The molecule has 1 aromatic heterocycles. The first kappa shape index (κ1) is 5.93. The number of rotatable bonds is 0. The molecule has 0 saturated heterocycles. The van der Waals surface area contributed by atoms with Gasteiger partial charge in [0.2, 0.25) is 0 Å². The number of H-pyrrole nitrogens is 1. The van der Waals surface area contributed by atoms with E-state index in [2.05, 4.69) is 16.3 Å². The molecule has 0 aliphatic rings. The summed E-state index contributed by atoms with van der Waals surface area (Å²) in [7, 11) is 0. The van der Waals surface area contributed by atoms with E-state index in [1.54, 1.807) is 12.1 Å². The van der Waals surface area contributed by atoms with Gasteiger partial charge in [-0.05, 0) is 18.2 Å². The Labute approximate surface area is 63.3 Å². The van der Waals surface area contributed by atoms with Crippen LogP contribution in [-0.2, 0) is 0 Å². The van der Waals surface area contributed by atoms with Gasteiger partial charge >= 0.3 is 0 Å². The monoisotopic (exact) mass is 142 g/mol. The van der Waals surface area contributed by atoms with Crippen molar-refractivity contribution in [2.24, 2.45) is 0 Å². The fourth-order valence-corrected chi connectivity index (χ4v) is 0.991. The Bertz CT molecular complexity index is 422. The highest BCUT2D eigenvalue weighted by molar-refractivity contribution is 5.83. The Hall–Kier alpha value is -1.82. The average Bonchev–Trinajstić information content (AvgIpc) is 2.47. The lowest BCUT2D eigenvalue weighted by atomic mass is 10.2. The van der Waals surface area contributed by atoms with Gasteiger partial charge in [0.1, 0.15) is 6.07 Å². The zero-order valence-electron chi connectivity index (χ0n) is 5.63. The Morgan fingerprint density at radius 3 is 3.36 bits per heavy atom. The van der Waals surface area contributed by atoms with Crippen LogP contribution in [0, 0.1) is 17.4 Å². The Morgan fingerprint density at radius 1 is 1.64 bits per heavy atom.